The third kappa shape index (κ3) is 3.88. The summed E-state index contributed by atoms with van der Waals surface area (Å²) in [5.74, 6) is 1.29. The van der Waals surface area contributed by atoms with Crippen LogP contribution in [-0.4, -0.2) is 39.2 Å². The zero-order valence-electron chi connectivity index (χ0n) is 16.4. The Morgan fingerprint density at radius 1 is 1.18 bits per heavy atom. The van der Waals surface area contributed by atoms with Crippen molar-refractivity contribution in [1.29, 1.82) is 0 Å². The minimum absolute atomic E-state index is 0.0164. The topological polar surface area (TPSA) is 77.1 Å². The number of fused-ring (bicyclic) bond motifs is 1. The maximum atomic E-state index is 12.8. The van der Waals surface area contributed by atoms with E-state index in [4.69, 9.17) is 14.2 Å². The van der Waals surface area contributed by atoms with E-state index in [1.807, 2.05) is 0 Å². The average molecular weight is 384 g/mol. The molecule has 0 saturated heterocycles. The van der Waals surface area contributed by atoms with Crippen molar-refractivity contribution in [3.8, 4) is 17.2 Å². The van der Waals surface area contributed by atoms with Gasteiger partial charge in [0.2, 0.25) is 0 Å². The van der Waals surface area contributed by atoms with Crippen molar-refractivity contribution in [3.05, 3.63) is 42.0 Å². The van der Waals surface area contributed by atoms with Crippen molar-refractivity contribution in [3.63, 3.8) is 0 Å². The molecule has 1 aliphatic rings. The summed E-state index contributed by atoms with van der Waals surface area (Å²) >= 11 is 0. The first-order valence-corrected chi connectivity index (χ1v) is 9.04. The molecule has 0 spiro atoms. The highest BCUT2D eigenvalue weighted by Gasteiger charge is 2.27. The van der Waals surface area contributed by atoms with Crippen LogP contribution < -0.4 is 24.4 Å². The minimum Gasteiger partial charge on any atom is -0.496 e. The molecule has 1 aliphatic heterocycles. The predicted molar refractivity (Wildman–Crippen MR) is 107 cm³/mol. The van der Waals surface area contributed by atoms with Gasteiger partial charge in [0.15, 0.2) is 6.61 Å². The number of methoxy groups -OCH3 is 2. The SMILES string of the molecule is COc1cccc(OC)c1C(=O)Nc1ccc2c(c1)OCC(=O)N2CC(C)C. The standard InChI is InChI=1S/C21H24N2O5/c1-13(2)11-23-15-9-8-14(10-18(15)28-12-19(23)24)22-21(25)20-16(26-3)6-5-7-17(20)27-4/h5-10,13H,11-12H2,1-4H3,(H,22,25). The zero-order valence-corrected chi connectivity index (χ0v) is 16.4. The molecule has 2 amide bonds. The fraction of sp³-hybridized carbons (Fsp3) is 0.333. The lowest BCUT2D eigenvalue weighted by Crippen LogP contribution is -2.40. The first-order chi connectivity index (χ1) is 13.4. The number of ether oxygens (including phenoxy) is 3. The third-order valence-electron chi connectivity index (χ3n) is 4.36. The first kappa shape index (κ1) is 19.5. The van der Waals surface area contributed by atoms with Gasteiger partial charge in [-0.25, -0.2) is 0 Å². The highest BCUT2D eigenvalue weighted by molar-refractivity contribution is 6.08. The molecule has 3 rings (SSSR count). The Morgan fingerprint density at radius 2 is 1.86 bits per heavy atom. The van der Waals surface area contributed by atoms with Gasteiger partial charge in [0.25, 0.3) is 11.8 Å². The van der Waals surface area contributed by atoms with Gasteiger partial charge in [0.1, 0.15) is 22.8 Å². The lowest BCUT2D eigenvalue weighted by molar-refractivity contribution is -0.121. The normalized spacial score (nSPS) is 13.0. The van der Waals surface area contributed by atoms with E-state index in [0.29, 0.717) is 46.6 Å². The van der Waals surface area contributed by atoms with Crippen LogP contribution in [-0.2, 0) is 4.79 Å². The van der Waals surface area contributed by atoms with E-state index in [0.717, 1.165) is 0 Å². The van der Waals surface area contributed by atoms with Gasteiger partial charge in [-0.05, 0) is 30.2 Å². The van der Waals surface area contributed by atoms with Gasteiger partial charge in [-0.2, -0.15) is 0 Å². The Hall–Kier alpha value is -3.22. The van der Waals surface area contributed by atoms with E-state index in [9.17, 15) is 9.59 Å². The molecule has 0 fully saturated rings. The smallest absolute Gasteiger partial charge is 0.265 e. The van der Waals surface area contributed by atoms with Crippen LogP contribution in [0.3, 0.4) is 0 Å². The number of anilines is 2. The summed E-state index contributed by atoms with van der Waals surface area (Å²) in [5.41, 5.74) is 1.57. The van der Waals surface area contributed by atoms with Crippen molar-refractivity contribution < 1.29 is 23.8 Å². The number of nitrogens with one attached hydrogen (secondary N) is 1. The Labute approximate surface area is 164 Å². The Bertz CT molecular complexity index is 872. The van der Waals surface area contributed by atoms with Gasteiger partial charge < -0.3 is 24.4 Å². The number of amides is 2. The fourth-order valence-corrected chi connectivity index (χ4v) is 3.12. The van der Waals surface area contributed by atoms with Crippen molar-refractivity contribution in [2.75, 3.05) is 37.6 Å². The summed E-state index contributed by atoms with van der Waals surface area (Å²) in [5, 5.41) is 2.84. The molecule has 148 valence electrons. The number of rotatable bonds is 6. The highest BCUT2D eigenvalue weighted by atomic mass is 16.5. The summed E-state index contributed by atoms with van der Waals surface area (Å²) in [7, 11) is 3.00. The number of carbonyl (C=O) groups excluding carboxylic acids is 2. The van der Waals surface area contributed by atoms with E-state index < -0.39 is 0 Å². The number of benzene rings is 2. The van der Waals surface area contributed by atoms with Crippen LogP contribution in [0.1, 0.15) is 24.2 Å². The maximum Gasteiger partial charge on any atom is 0.265 e. The van der Waals surface area contributed by atoms with E-state index in [-0.39, 0.29) is 18.4 Å². The van der Waals surface area contributed by atoms with E-state index in [1.54, 1.807) is 41.3 Å². The summed E-state index contributed by atoms with van der Waals surface area (Å²) in [4.78, 5) is 26.7. The maximum absolute atomic E-state index is 12.8. The quantitative estimate of drug-likeness (QED) is 0.827. The van der Waals surface area contributed by atoms with Crippen LogP contribution in [0.2, 0.25) is 0 Å². The molecule has 7 heteroatoms. The molecular weight excluding hydrogens is 360 g/mol. The summed E-state index contributed by atoms with van der Waals surface area (Å²) in [6, 6.07) is 10.4. The number of hydrogen-bond donors (Lipinski definition) is 1. The van der Waals surface area contributed by atoms with Crippen LogP contribution in [0.25, 0.3) is 0 Å². The average Bonchev–Trinajstić information content (AvgIpc) is 2.69. The summed E-state index contributed by atoms with van der Waals surface area (Å²) in [6.07, 6.45) is 0. The second-order valence-electron chi connectivity index (χ2n) is 6.86. The molecule has 0 atom stereocenters. The van der Waals surface area contributed by atoms with Gasteiger partial charge >= 0.3 is 0 Å². The van der Waals surface area contributed by atoms with Crippen LogP contribution >= 0.6 is 0 Å². The molecule has 0 radical (unpaired) electrons. The van der Waals surface area contributed by atoms with Crippen molar-refractivity contribution in [2.24, 2.45) is 5.92 Å². The second-order valence-corrected chi connectivity index (χ2v) is 6.86. The fourth-order valence-electron chi connectivity index (χ4n) is 3.12. The molecular formula is C21H24N2O5. The minimum atomic E-state index is -0.361. The first-order valence-electron chi connectivity index (χ1n) is 9.04. The highest BCUT2D eigenvalue weighted by Crippen LogP contribution is 2.36. The van der Waals surface area contributed by atoms with E-state index >= 15 is 0 Å². The molecule has 0 aliphatic carbocycles. The van der Waals surface area contributed by atoms with Gasteiger partial charge in [0, 0.05) is 18.3 Å². The van der Waals surface area contributed by atoms with Crippen molar-refractivity contribution in [1.82, 2.24) is 0 Å². The predicted octanol–water partition coefficient (Wildman–Crippen LogP) is 3.34. The Kier molecular flexibility index (Phi) is 5.73. The lowest BCUT2D eigenvalue weighted by Gasteiger charge is -2.31. The molecule has 2 aromatic carbocycles. The third-order valence-corrected chi connectivity index (χ3v) is 4.36. The summed E-state index contributed by atoms with van der Waals surface area (Å²) in [6.45, 7) is 4.70. The zero-order chi connectivity index (χ0) is 20.3. The molecule has 1 N–H and O–H groups in total. The molecule has 0 saturated carbocycles. The molecule has 1 heterocycles. The largest absolute Gasteiger partial charge is 0.496 e. The molecule has 0 unspecified atom stereocenters. The number of hydrogen-bond acceptors (Lipinski definition) is 5. The molecule has 2 aromatic rings. The van der Waals surface area contributed by atoms with Crippen LogP contribution in [0.5, 0.6) is 17.2 Å². The van der Waals surface area contributed by atoms with Crippen molar-refractivity contribution >= 4 is 23.2 Å². The van der Waals surface area contributed by atoms with Gasteiger partial charge in [-0.1, -0.05) is 19.9 Å². The van der Waals surface area contributed by atoms with E-state index in [2.05, 4.69) is 19.2 Å². The molecule has 28 heavy (non-hydrogen) atoms. The lowest BCUT2D eigenvalue weighted by atomic mass is 10.1. The van der Waals surface area contributed by atoms with Gasteiger partial charge in [-0.15, -0.1) is 0 Å². The van der Waals surface area contributed by atoms with Gasteiger partial charge in [0.05, 0.1) is 19.9 Å². The molecule has 7 nitrogen and oxygen atoms in total. The van der Waals surface area contributed by atoms with Gasteiger partial charge in [-0.3, -0.25) is 9.59 Å². The van der Waals surface area contributed by atoms with Crippen LogP contribution in [0.4, 0.5) is 11.4 Å². The molecule has 0 aromatic heterocycles. The number of nitrogens with zero attached hydrogens (tertiary/aromatic N) is 1. The Morgan fingerprint density at radius 3 is 2.46 bits per heavy atom. The summed E-state index contributed by atoms with van der Waals surface area (Å²) < 4.78 is 16.2. The number of carbonyl (C=O) groups is 2. The van der Waals surface area contributed by atoms with Crippen LogP contribution in [0, 0.1) is 5.92 Å². The monoisotopic (exact) mass is 384 g/mol. The second kappa shape index (κ2) is 8.21. The van der Waals surface area contributed by atoms with Crippen molar-refractivity contribution in [2.45, 2.75) is 13.8 Å². The van der Waals surface area contributed by atoms with Crippen LogP contribution in [0.15, 0.2) is 36.4 Å². The van der Waals surface area contributed by atoms with E-state index in [1.165, 1.54) is 14.2 Å². The molecule has 0 bridgehead atoms. The Balaban J connectivity index is 1.87.